The highest BCUT2D eigenvalue weighted by atomic mass is 19.3. The van der Waals surface area contributed by atoms with Crippen LogP contribution in [0.1, 0.15) is 66.9 Å². The number of halogens is 2. The Bertz CT molecular complexity index is 1650. The number of alkyl halides is 2. The van der Waals surface area contributed by atoms with E-state index >= 15 is 0 Å². The molecule has 1 saturated carbocycles. The Kier molecular flexibility index (Phi) is 6.00. The van der Waals surface area contributed by atoms with E-state index in [-0.39, 0.29) is 43.0 Å². The van der Waals surface area contributed by atoms with E-state index in [2.05, 4.69) is 17.3 Å². The lowest BCUT2D eigenvalue weighted by molar-refractivity contribution is -0.145. The maximum atomic E-state index is 13.5. The molecule has 3 aliphatic heterocycles. The van der Waals surface area contributed by atoms with Gasteiger partial charge in [-0.05, 0) is 67.7 Å². The second-order valence-corrected chi connectivity index (χ2v) is 12.3. The summed E-state index contributed by atoms with van der Waals surface area (Å²) in [5, 5.41) is 8.73. The zero-order chi connectivity index (χ0) is 29.4. The molecule has 1 unspecified atom stereocenters. The molecule has 3 aromatic rings. The monoisotopic (exact) mass is 575 g/mol. The first-order chi connectivity index (χ1) is 20.1. The number of anilines is 1. The third-order valence-corrected chi connectivity index (χ3v) is 9.68. The summed E-state index contributed by atoms with van der Waals surface area (Å²) in [7, 11) is 0. The molecule has 1 atom stereocenters. The van der Waals surface area contributed by atoms with E-state index in [1.54, 1.807) is 11.0 Å². The molecule has 42 heavy (non-hydrogen) atoms. The normalized spacial score (nSPS) is 22.7. The van der Waals surface area contributed by atoms with Crippen molar-refractivity contribution >= 4 is 40.1 Å². The number of carbonyl (C=O) groups is 4. The number of carbonyl (C=O) groups excluding carboxylic acids is 4. The number of benzene rings is 2. The number of hydrogen-bond donors (Lipinski definition) is 1. The fourth-order valence-corrected chi connectivity index (χ4v) is 6.82. The Morgan fingerprint density at radius 2 is 1.86 bits per heavy atom. The molecule has 3 fully saturated rings. The van der Waals surface area contributed by atoms with Crippen molar-refractivity contribution in [2.24, 2.45) is 5.41 Å². The lowest BCUT2D eigenvalue weighted by Gasteiger charge is -2.40. The summed E-state index contributed by atoms with van der Waals surface area (Å²) in [6.45, 7) is 2.93. The molecule has 4 aliphatic rings. The Morgan fingerprint density at radius 1 is 1.10 bits per heavy atom. The first kappa shape index (κ1) is 26.7. The Morgan fingerprint density at radius 3 is 2.55 bits per heavy atom. The molecule has 0 radical (unpaired) electrons. The molecule has 9 nitrogen and oxygen atoms in total. The van der Waals surface area contributed by atoms with E-state index in [1.807, 2.05) is 41.3 Å². The summed E-state index contributed by atoms with van der Waals surface area (Å²) in [4.78, 5) is 53.6. The lowest BCUT2D eigenvalue weighted by atomic mass is 9.89. The fraction of sp³-hybridized carbons (Fsp3) is 0.452. The summed E-state index contributed by atoms with van der Waals surface area (Å²) in [6.07, 6.45) is 4.03. The van der Waals surface area contributed by atoms with Crippen LogP contribution >= 0.6 is 0 Å². The number of hydrogen-bond acceptors (Lipinski definition) is 5. The van der Waals surface area contributed by atoms with Crippen molar-refractivity contribution in [3.63, 3.8) is 0 Å². The predicted molar refractivity (Wildman–Crippen MR) is 149 cm³/mol. The molecule has 4 heterocycles. The lowest BCUT2D eigenvalue weighted by Crippen LogP contribution is -2.53. The van der Waals surface area contributed by atoms with Crippen LogP contribution < -0.4 is 10.2 Å². The second-order valence-electron chi connectivity index (χ2n) is 12.3. The number of nitrogens with one attached hydrogen (secondary N) is 1. The van der Waals surface area contributed by atoms with Gasteiger partial charge in [-0.1, -0.05) is 18.2 Å². The highest BCUT2D eigenvalue weighted by Crippen LogP contribution is 2.52. The molecule has 0 bridgehead atoms. The van der Waals surface area contributed by atoms with E-state index in [1.165, 1.54) is 4.90 Å². The third-order valence-electron chi connectivity index (χ3n) is 9.68. The maximum Gasteiger partial charge on any atom is 0.259 e. The minimum absolute atomic E-state index is 0.186. The van der Waals surface area contributed by atoms with Gasteiger partial charge < -0.3 is 4.90 Å². The number of aromatic nitrogens is 2. The average molecular weight is 576 g/mol. The van der Waals surface area contributed by atoms with Crippen LogP contribution in [0.25, 0.3) is 10.8 Å². The van der Waals surface area contributed by atoms with Crippen LogP contribution in [0, 0.1) is 5.41 Å². The van der Waals surface area contributed by atoms with Gasteiger partial charge in [-0.3, -0.25) is 34.1 Å². The molecule has 1 aliphatic carbocycles. The zero-order valence-electron chi connectivity index (χ0n) is 23.2. The summed E-state index contributed by atoms with van der Waals surface area (Å²) < 4.78 is 28.9. The van der Waals surface area contributed by atoms with Gasteiger partial charge in [-0.2, -0.15) is 5.10 Å². The summed E-state index contributed by atoms with van der Waals surface area (Å²) in [5.41, 5.74) is 1.41. The van der Waals surface area contributed by atoms with E-state index < -0.39 is 29.7 Å². The van der Waals surface area contributed by atoms with Crippen molar-refractivity contribution in [2.75, 3.05) is 18.0 Å². The molecule has 4 amide bonds. The maximum absolute atomic E-state index is 13.5. The number of likely N-dealkylation sites (tertiary alicyclic amines) is 1. The second kappa shape index (κ2) is 9.43. The van der Waals surface area contributed by atoms with Crippen LogP contribution in [0.2, 0.25) is 0 Å². The third kappa shape index (κ3) is 4.04. The molecular weight excluding hydrogens is 544 g/mol. The fourth-order valence-electron chi connectivity index (χ4n) is 6.82. The van der Waals surface area contributed by atoms with Crippen LogP contribution in [-0.2, 0) is 26.3 Å². The smallest absolute Gasteiger partial charge is 0.259 e. The molecule has 11 heteroatoms. The number of nitrogens with zero attached hydrogens (tertiary/aromatic N) is 4. The molecule has 7 rings (SSSR count). The quantitative estimate of drug-likeness (QED) is 0.451. The molecule has 2 aromatic carbocycles. The van der Waals surface area contributed by atoms with Crippen molar-refractivity contribution in [3.05, 3.63) is 59.4 Å². The number of piperidine rings is 2. The molecule has 2 saturated heterocycles. The van der Waals surface area contributed by atoms with Gasteiger partial charge in [0.05, 0.1) is 17.4 Å². The van der Waals surface area contributed by atoms with Crippen LogP contribution in [-0.4, -0.2) is 63.9 Å². The number of imide groups is 1. The van der Waals surface area contributed by atoms with Crippen LogP contribution in [0.5, 0.6) is 0 Å². The Balaban J connectivity index is 1.10. The molecule has 1 aromatic heterocycles. The van der Waals surface area contributed by atoms with Gasteiger partial charge in [0.2, 0.25) is 17.7 Å². The van der Waals surface area contributed by atoms with Crippen molar-refractivity contribution in [1.29, 1.82) is 0 Å². The standard InChI is InChI=1S/C31H31F2N5O4/c1-30(11-13-36(14-12-30)29(42)31(9-10-31)28(32)33)37-17-18(16-34-37)15-19-5-6-22-25-20(19)3-2-4-21(25)27(41)38(22)23-7-8-24(39)35-26(23)40/h2-6,16-17,23,28H,7-15H2,1H3,(H,35,39,40). The summed E-state index contributed by atoms with van der Waals surface area (Å²) in [6, 6.07) is 8.70. The topological polar surface area (TPSA) is 105 Å². The number of amides is 4. The minimum atomic E-state index is -2.61. The van der Waals surface area contributed by atoms with Gasteiger partial charge in [-0.15, -0.1) is 0 Å². The minimum Gasteiger partial charge on any atom is -0.342 e. The van der Waals surface area contributed by atoms with Gasteiger partial charge in [0.15, 0.2) is 0 Å². The Labute approximate surface area is 240 Å². The predicted octanol–water partition coefficient (Wildman–Crippen LogP) is 3.78. The average Bonchev–Trinajstić information content (AvgIpc) is 3.57. The largest absolute Gasteiger partial charge is 0.342 e. The van der Waals surface area contributed by atoms with E-state index in [4.69, 9.17) is 0 Å². The van der Waals surface area contributed by atoms with Crippen LogP contribution in [0.3, 0.4) is 0 Å². The number of rotatable bonds is 6. The highest BCUT2D eigenvalue weighted by molar-refractivity contribution is 6.27. The van der Waals surface area contributed by atoms with Crippen molar-refractivity contribution in [1.82, 2.24) is 20.0 Å². The van der Waals surface area contributed by atoms with Crippen LogP contribution in [0.4, 0.5) is 14.5 Å². The SMILES string of the molecule is CC1(n2cc(Cc3ccc4c5c(cccc35)C(=O)N4C3CCC(=O)NC3=O)cn2)CCN(C(=O)C2(C(F)F)CC2)CC1. The Hall–Kier alpha value is -4.15. The van der Waals surface area contributed by atoms with Gasteiger partial charge in [0, 0.05) is 43.1 Å². The van der Waals surface area contributed by atoms with Gasteiger partial charge >= 0.3 is 0 Å². The zero-order valence-corrected chi connectivity index (χ0v) is 23.2. The summed E-state index contributed by atoms with van der Waals surface area (Å²) >= 11 is 0. The first-order valence-electron chi connectivity index (χ1n) is 14.4. The summed E-state index contributed by atoms with van der Waals surface area (Å²) in [5.74, 6) is -1.44. The molecular formula is C31H31F2N5O4. The van der Waals surface area contributed by atoms with E-state index in [0.29, 0.717) is 43.6 Å². The van der Waals surface area contributed by atoms with E-state index in [0.717, 1.165) is 21.9 Å². The first-order valence-corrected chi connectivity index (χ1v) is 14.4. The highest BCUT2D eigenvalue weighted by Gasteiger charge is 2.59. The molecule has 218 valence electrons. The van der Waals surface area contributed by atoms with Crippen molar-refractivity contribution < 1.29 is 28.0 Å². The van der Waals surface area contributed by atoms with Gasteiger partial charge in [-0.25, -0.2) is 8.78 Å². The molecule has 1 N–H and O–H groups in total. The molecule has 0 spiro atoms. The van der Waals surface area contributed by atoms with Gasteiger partial charge in [0.1, 0.15) is 11.5 Å². The van der Waals surface area contributed by atoms with Crippen molar-refractivity contribution in [3.8, 4) is 0 Å². The van der Waals surface area contributed by atoms with Gasteiger partial charge in [0.25, 0.3) is 12.3 Å². The van der Waals surface area contributed by atoms with Crippen molar-refractivity contribution in [2.45, 2.75) is 69.9 Å². The van der Waals surface area contributed by atoms with E-state index in [9.17, 15) is 28.0 Å². The van der Waals surface area contributed by atoms with Crippen LogP contribution in [0.15, 0.2) is 42.7 Å².